The molecule has 7 heteroatoms. The lowest BCUT2D eigenvalue weighted by molar-refractivity contribution is -0.384. The Labute approximate surface area is 146 Å². The Bertz CT molecular complexity index is 636. The number of benzene rings is 1. The van der Waals surface area contributed by atoms with E-state index < -0.39 is 10.7 Å². The van der Waals surface area contributed by atoms with Crippen LogP contribution in [0.4, 0.5) is 15.8 Å². The fourth-order valence-corrected chi connectivity index (χ4v) is 3.83. The molecule has 136 valence electrons. The lowest BCUT2D eigenvalue weighted by Crippen LogP contribution is -2.43. The van der Waals surface area contributed by atoms with Gasteiger partial charge in [-0.2, -0.15) is 0 Å². The molecule has 0 bridgehead atoms. The minimum absolute atomic E-state index is 0.00569. The molecule has 2 fully saturated rings. The van der Waals surface area contributed by atoms with Crippen LogP contribution in [0.2, 0.25) is 0 Å². The topological polar surface area (TPSA) is 66.7 Å². The van der Waals surface area contributed by atoms with Gasteiger partial charge in [0.05, 0.1) is 11.0 Å². The Balaban J connectivity index is 1.64. The van der Waals surface area contributed by atoms with Gasteiger partial charge in [-0.3, -0.25) is 14.9 Å². The van der Waals surface area contributed by atoms with E-state index in [2.05, 4.69) is 0 Å². The number of nitrogens with zero attached hydrogens (tertiary/aromatic N) is 3. The number of carbonyl (C=O) groups is 1. The number of likely N-dealkylation sites (tertiary alicyclic amines) is 1. The van der Waals surface area contributed by atoms with E-state index in [1.54, 1.807) is 0 Å². The lowest BCUT2D eigenvalue weighted by atomic mass is 9.94. The first kappa shape index (κ1) is 17.6. The maximum atomic E-state index is 13.3. The normalized spacial score (nSPS) is 19.6. The third-order valence-electron chi connectivity index (χ3n) is 5.24. The minimum atomic E-state index is -0.610. The number of halogens is 1. The van der Waals surface area contributed by atoms with Gasteiger partial charge in [0.15, 0.2) is 0 Å². The molecule has 0 saturated carbocycles. The maximum absolute atomic E-state index is 13.3. The van der Waals surface area contributed by atoms with Crippen LogP contribution in [-0.4, -0.2) is 41.9 Å². The summed E-state index contributed by atoms with van der Waals surface area (Å²) < 4.78 is 13.3. The monoisotopic (exact) mass is 349 g/mol. The second-order valence-electron chi connectivity index (χ2n) is 6.89. The van der Waals surface area contributed by atoms with Crippen LogP contribution in [0.15, 0.2) is 18.2 Å². The second-order valence-corrected chi connectivity index (χ2v) is 6.89. The van der Waals surface area contributed by atoms with E-state index in [-0.39, 0.29) is 17.5 Å². The zero-order chi connectivity index (χ0) is 17.8. The zero-order valence-corrected chi connectivity index (χ0v) is 14.3. The van der Waals surface area contributed by atoms with Crippen molar-refractivity contribution in [3.63, 3.8) is 0 Å². The van der Waals surface area contributed by atoms with Crippen LogP contribution < -0.4 is 4.90 Å². The molecule has 2 saturated heterocycles. The highest BCUT2D eigenvalue weighted by Crippen LogP contribution is 2.32. The van der Waals surface area contributed by atoms with Crippen LogP contribution in [0, 0.1) is 21.8 Å². The Morgan fingerprint density at radius 3 is 2.32 bits per heavy atom. The molecule has 3 rings (SSSR count). The highest BCUT2D eigenvalue weighted by molar-refractivity contribution is 5.79. The molecule has 0 atom stereocenters. The Morgan fingerprint density at radius 1 is 1.08 bits per heavy atom. The Hall–Kier alpha value is -2.18. The van der Waals surface area contributed by atoms with Gasteiger partial charge in [0.2, 0.25) is 5.91 Å². The maximum Gasteiger partial charge on any atom is 0.295 e. The average Bonchev–Trinajstić information content (AvgIpc) is 2.90. The fourth-order valence-electron chi connectivity index (χ4n) is 3.83. The molecule has 0 unspecified atom stereocenters. The number of carbonyl (C=O) groups excluding carboxylic acids is 1. The van der Waals surface area contributed by atoms with Crippen molar-refractivity contribution in [3.05, 3.63) is 34.1 Å². The third kappa shape index (κ3) is 4.08. The van der Waals surface area contributed by atoms with Crippen molar-refractivity contribution in [2.45, 2.75) is 38.5 Å². The third-order valence-corrected chi connectivity index (χ3v) is 5.24. The summed E-state index contributed by atoms with van der Waals surface area (Å²) in [5.41, 5.74) is 0.226. The number of nitro benzene ring substituents is 1. The summed E-state index contributed by atoms with van der Waals surface area (Å²) >= 11 is 0. The second kappa shape index (κ2) is 7.80. The van der Waals surface area contributed by atoms with Gasteiger partial charge in [-0.05, 0) is 37.8 Å². The predicted octanol–water partition coefficient (Wildman–Crippen LogP) is 3.35. The van der Waals surface area contributed by atoms with Crippen LogP contribution in [0.1, 0.15) is 38.5 Å². The lowest BCUT2D eigenvalue weighted by Gasteiger charge is -2.35. The molecule has 1 aromatic rings. The zero-order valence-electron chi connectivity index (χ0n) is 14.3. The molecule has 0 N–H and O–H groups in total. The summed E-state index contributed by atoms with van der Waals surface area (Å²) in [5, 5.41) is 11.2. The van der Waals surface area contributed by atoms with E-state index in [0.29, 0.717) is 31.6 Å². The first-order valence-corrected chi connectivity index (χ1v) is 9.04. The average molecular weight is 349 g/mol. The van der Waals surface area contributed by atoms with Crippen LogP contribution in [0.3, 0.4) is 0 Å². The molecule has 0 aromatic heterocycles. The summed E-state index contributed by atoms with van der Waals surface area (Å²) in [6, 6.07) is 3.67. The van der Waals surface area contributed by atoms with Crippen molar-refractivity contribution < 1.29 is 14.1 Å². The van der Waals surface area contributed by atoms with Crippen LogP contribution in [0.25, 0.3) is 0 Å². The summed E-state index contributed by atoms with van der Waals surface area (Å²) in [6.07, 6.45) is 5.90. The predicted molar refractivity (Wildman–Crippen MR) is 93.0 cm³/mol. The quantitative estimate of drug-likeness (QED) is 0.620. The van der Waals surface area contributed by atoms with E-state index in [1.807, 2.05) is 9.80 Å². The largest absolute Gasteiger partial charge is 0.366 e. The van der Waals surface area contributed by atoms with Crippen molar-refractivity contribution in [2.75, 3.05) is 31.1 Å². The standard InChI is InChI=1S/C18H24FN3O3/c19-15-5-6-16(17(13-15)22(24)25)20-11-7-14(8-12-20)18(23)21-9-3-1-2-4-10-21/h5-6,13-14H,1-4,7-12H2. The molecule has 2 aliphatic rings. The van der Waals surface area contributed by atoms with Crippen molar-refractivity contribution >= 4 is 17.3 Å². The molecule has 6 nitrogen and oxygen atoms in total. The molecular weight excluding hydrogens is 325 g/mol. The number of piperidine rings is 1. The van der Waals surface area contributed by atoms with Gasteiger partial charge < -0.3 is 9.80 Å². The van der Waals surface area contributed by atoms with Gasteiger partial charge in [0.1, 0.15) is 11.5 Å². The van der Waals surface area contributed by atoms with E-state index in [1.165, 1.54) is 25.0 Å². The summed E-state index contributed by atoms with van der Waals surface area (Å²) in [6.45, 7) is 2.86. The van der Waals surface area contributed by atoms with E-state index in [0.717, 1.165) is 32.0 Å². The van der Waals surface area contributed by atoms with Gasteiger partial charge in [0.25, 0.3) is 5.69 Å². The molecule has 1 aromatic carbocycles. The number of hydrogen-bond donors (Lipinski definition) is 0. The minimum Gasteiger partial charge on any atom is -0.366 e. The number of anilines is 1. The molecule has 0 spiro atoms. The molecule has 2 heterocycles. The number of hydrogen-bond acceptors (Lipinski definition) is 4. The molecule has 2 aliphatic heterocycles. The first-order valence-electron chi connectivity index (χ1n) is 9.04. The van der Waals surface area contributed by atoms with E-state index in [4.69, 9.17) is 0 Å². The highest BCUT2D eigenvalue weighted by Gasteiger charge is 2.31. The van der Waals surface area contributed by atoms with E-state index >= 15 is 0 Å². The SMILES string of the molecule is O=C(C1CCN(c2ccc(F)cc2[N+](=O)[O-])CC1)N1CCCCCC1. The summed E-state index contributed by atoms with van der Waals surface area (Å²) in [7, 11) is 0. The molecular formula is C18H24FN3O3. The van der Waals surface area contributed by atoms with Gasteiger partial charge in [0, 0.05) is 32.1 Å². The van der Waals surface area contributed by atoms with Gasteiger partial charge in [-0.25, -0.2) is 4.39 Å². The van der Waals surface area contributed by atoms with Crippen LogP contribution >= 0.6 is 0 Å². The van der Waals surface area contributed by atoms with E-state index in [9.17, 15) is 19.3 Å². The number of nitro groups is 1. The van der Waals surface area contributed by atoms with Gasteiger partial charge >= 0.3 is 0 Å². The molecule has 0 radical (unpaired) electrons. The van der Waals surface area contributed by atoms with Crippen LogP contribution in [-0.2, 0) is 4.79 Å². The van der Waals surface area contributed by atoms with Crippen molar-refractivity contribution in [1.82, 2.24) is 4.90 Å². The summed E-state index contributed by atoms with van der Waals surface area (Å²) in [5.74, 6) is -0.384. The number of rotatable bonds is 3. The number of amides is 1. The molecule has 0 aliphatic carbocycles. The summed E-state index contributed by atoms with van der Waals surface area (Å²) in [4.78, 5) is 27.2. The van der Waals surface area contributed by atoms with Crippen molar-refractivity contribution in [3.8, 4) is 0 Å². The fraction of sp³-hybridized carbons (Fsp3) is 0.611. The Morgan fingerprint density at radius 2 is 1.72 bits per heavy atom. The van der Waals surface area contributed by atoms with Gasteiger partial charge in [-0.1, -0.05) is 12.8 Å². The van der Waals surface area contributed by atoms with Crippen LogP contribution in [0.5, 0.6) is 0 Å². The Kier molecular flexibility index (Phi) is 5.50. The van der Waals surface area contributed by atoms with Crippen molar-refractivity contribution in [1.29, 1.82) is 0 Å². The smallest absolute Gasteiger partial charge is 0.295 e. The first-order chi connectivity index (χ1) is 12.1. The van der Waals surface area contributed by atoms with Gasteiger partial charge in [-0.15, -0.1) is 0 Å². The molecule has 1 amide bonds. The van der Waals surface area contributed by atoms with Crippen molar-refractivity contribution in [2.24, 2.45) is 5.92 Å². The molecule has 25 heavy (non-hydrogen) atoms. The highest BCUT2D eigenvalue weighted by atomic mass is 19.1.